The first-order valence-electron chi connectivity index (χ1n) is 7.19. The molecule has 0 spiro atoms. The van der Waals surface area contributed by atoms with Crippen LogP contribution >= 0.6 is 0 Å². The minimum absolute atomic E-state index is 0.654. The van der Waals surface area contributed by atoms with E-state index in [-0.39, 0.29) is 0 Å². The average molecular weight is 241 g/mol. The van der Waals surface area contributed by atoms with Crippen LogP contribution in [0.4, 0.5) is 0 Å². The van der Waals surface area contributed by atoms with Crippen LogP contribution in [0, 0.1) is 5.92 Å². The van der Waals surface area contributed by atoms with Gasteiger partial charge in [-0.05, 0) is 59.4 Å². The molecule has 17 heavy (non-hydrogen) atoms. The lowest BCUT2D eigenvalue weighted by atomic mass is 10.0. The number of nitrogens with one attached hydrogen (secondary N) is 1. The molecular weight excluding hydrogens is 210 g/mol. The third kappa shape index (κ3) is 4.23. The number of hydrogen-bond acceptors (Lipinski definition) is 3. The van der Waals surface area contributed by atoms with Crippen LogP contribution < -0.4 is 5.32 Å². The van der Waals surface area contributed by atoms with Gasteiger partial charge in [-0.2, -0.15) is 0 Å². The highest BCUT2D eigenvalue weighted by Gasteiger charge is 2.26. The molecule has 1 rings (SSSR count). The van der Waals surface area contributed by atoms with Crippen LogP contribution in [0.5, 0.6) is 0 Å². The normalized spacial score (nSPS) is 25.4. The molecule has 3 unspecified atom stereocenters. The number of hydrogen-bond donors (Lipinski definition) is 1. The second kappa shape index (κ2) is 7.34. The van der Waals surface area contributed by atoms with Crippen molar-refractivity contribution in [2.45, 2.75) is 45.7 Å². The standard InChI is InChI=1S/C14H31N3/c1-6-17-9-7-8-14(17)11-16(5)13(3)12(2)10-15-4/h12-15H,6-11H2,1-5H3. The molecule has 0 radical (unpaired) electrons. The average Bonchev–Trinajstić information content (AvgIpc) is 2.75. The van der Waals surface area contributed by atoms with E-state index in [1.807, 2.05) is 7.05 Å². The summed E-state index contributed by atoms with van der Waals surface area (Å²) in [5.74, 6) is 0.710. The fourth-order valence-electron chi connectivity index (χ4n) is 2.94. The molecule has 3 heteroatoms. The zero-order valence-electron chi connectivity index (χ0n) is 12.4. The van der Waals surface area contributed by atoms with Gasteiger partial charge in [-0.25, -0.2) is 0 Å². The summed E-state index contributed by atoms with van der Waals surface area (Å²) < 4.78 is 0. The second-order valence-corrected chi connectivity index (χ2v) is 5.64. The van der Waals surface area contributed by atoms with Crippen molar-refractivity contribution in [2.24, 2.45) is 5.92 Å². The van der Waals surface area contributed by atoms with Crippen molar-refractivity contribution in [1.82, 2.24) is 15.1 Å². The molecule has 0 bridgehead atoms. The second-order valence-electron chi connectivity index (χ2n) is 5.64. The van der Waals surface area contributed by atoms with Gasteiger partial charge in [0.15, 0.2) is 0 Å². The summed E-state index contributed by atoms with van der Waals surface area (Å²) >= 11 is 0. The molecule has 0 saturated carbocycles. The van der Waals surface area contributed by atoms with Crippen molar-refractivity contribution in [2.75, 3.05) is 40.3 Å². The topological polar surface area (TPSA) is 18.5 Å². The molecular formula is C14H31N3. The van der Waals surface area contributed by atoms with Crippen molar-refractivity contribution >= 4 is 0 Å². The smallest absolute Gasteiger partial charge is 0.0223 e. The highest BCUT2D eigenvalue weighted by Crippen LogP contribution is 2.19. The van der Waals surface area contributed by atoms with Crippen molar-refractivity contribution in [3.63, 3.8) is 0 Å². The van der Waals surface area contributed by atoms with Crippen LogP contribution in [-0.4, -0.2) is 62.2 Å². The van der Waals surface area contributed by atoms with Gasteiger partial charge in [0.1, 0.15) is 0 Å². The first-order chi connectivity index (χ1) is 8.10. The fraction of sp³-hybridized carbons (Fsp3) is 1.00. The predicted molar refractivity (Wildman–Crippen MR) is 75.5 cm³/mol. The van der Waals surface area contributed by atoms with Crippen LogP contribution in [0.3, 0.4) is 0 Å². The molecule has 1 fully saturated rings. The summed E-state index contributed by atoms with van der Waals surface area (Å²) in [5.41, 5.74) is 0. The zero-order valence-corrected chi connectivity index (χ0v) is 12.4. The van der Waals surface area contributed by atoms with Crippen molar-refractivity contribution in [1.29, 1.82) is 0 Å². The third-order valence-corrected chi connectivity index (χ3v) is 4.45. The fourth-order valence-corrected chi connectivity index (χ4v) is 2.94. The first-order valence-corrected chi connectivity index (χ1v) is 7.19. The summed E-state index contributed by atoms with van der Waals surface area (Å²) in [6.45, 7) is 11.8. The highest BCUT2D eigenvalue weighted by atomic mass is 15.2. The zero-order chi connectivity index (χ0) is 12.8. The van der Waals surface area contributed by atoms with Crippen molar-refractivity contribution in [3.8, 4) is 0 Å². The highest BCUT2D eigenvalue weighted by molar-refractivity contribution is 4.83. The quantitative estimate of drug-likeness (QED) is 0.731. The Bertz CT molecular complexity index is 208. The van der Waals surface area contributed by atoms with Gasteiger partial charge in [0, 0.05) is 18.6 Å². The molecule has 1 aliphatic heterocycles. The van der Waals surface area contributed by atoms with Gasteiger partial charge in [-0.1, -0.05) is 13.8 Å². The third-order valence-electron chi connectivity index (χ3n) is 4.45. The van der Waals surface area contributed by atoms with E-state index in [1.54, 1.807) is 0 Å². The van der Waals surface area contributed by atoms with Gasteiger partial charge >= 0.3 is 0 Å². The van der Waals surface area contributed by atoms with Crippen LogP contribution in [0.2, 0.25) is 0 Å². The van der Waals surface area contributed by atoms with Gasteiger partial charge in [-0.3, -0.25) is 4.90 Å². The Morgan fingerprint density at radius 3 is 2.71 bits per heavy atom. The van der Waals surface area contributed by atoms with E-state index in [9.17, 15) is 0 Å². The molecule has 1 aliphatic rings. The van der Waals surface area contributed by atoms with Crippen LogP contribution in [0.1, 0.15) is 33.6 Å². The van der Waals surface area contributed by atoms with E-state index < -0.39 is 0 Å². The maximum Gasteiger partial charge on any atom is 0.0223 e. The predicted octanol–water partition coefficient (Wildman–Crippen LogP) is 1.65. The summed E-state index contributed by atoms with van der Waals surface area (Å²) in [6, 6.07) is 1.44. The maximum absolute atomic E-state index is 3.28. The maximum atomic E-state index is 3.28. The molecule has 0 amide bonds. The number of likely N-dealkylation sites (tertiary alicyclic amines) is 1. The molecule has 1 heterocycles. The minimum Gasteiger partial charge on any atom is -0.319 e. The molecule has 0 aliphatic carbocycles. The largest absolute Gasteiger partial charge is 0.319 e. The molecule has 3 nitrogen and oxygen atoms in total. The summed E-state index contributed by atoms with van der Waals surface area (Å²) in [4.78, 5) is 5.17. The SMILES string of the molecule is CCN1CCCC1CN(C)C(C)C(C)CNC. The molecule has 0 aromatic heterocycles. The van der Waals surface area contributed by atoms with Crippen LogP contribution in [0.15, 0.2) is 0 Å². The van der Waals surface area contributed by atoms with Gasteiger partial charge in [-0.15, -0.1) is 0 Å². The summed E-state index contributed by atoms with van der Waals surface area (Å²) in [5, 5.41) is 3.28. The lowest BCUT2D eigenvalue weighted by Crippen LogP contribution is -2.45. The molecule has 1 N–H and O–H groups in total. The molecule has 102 valence electrons. The Hall–Kier alpha value is -0.120. The number of likely N-dealkylation sites (N-methyl/N-ethyl adjacent to an activating group) is 2. The van der Waals surface area contributed by atoms with Crippen molar-refractivity contribution in [3.05, 3.63) is 0 Å². The molecule has 0 aromatic carbocycles. The van der Waals surface area contributed by atoms with Gasteiger partial charge in [0.05, 0.1) is 0 Å². The lowest BCUT2D eigenvalue weighted by molar-refractivity contribution is 0.142. The van der Waals surface area contributed by atoms with E-state index in [0.29, 0.717) is 12.0 Å². The van der Waals surface area contributed by atoms with E-state index in [2.05, 4.69) is 42.9 Å². The van der Waals surface area contributed by atoms with E-state index in [0.717, 1.165) is 12.6 Å². The minimum atomic E-state index is 0.654. The Labute approximate surface area is 108 Å². The van der Waals surface area contributed by atoms with Gasteiger partial charge in [0.2, 0.25) is 0 Å². The van der Waals surface area contributed by atoms with E-state index in [4.69, 9.17) is 0 Å². The first kappa shape index (κ1) is 14.9. The summed E-state index contributed by atoms with van der Waals surface area (Å²) in [7, 11) is 4.32. The number of nitrogens with zero attached hydrogens (tertiary/aromatic N) is 2. The van der Waals surface area contributed by atoms with Crippen LogP contribution in [0.25, 0.3) is 0 Å². The lowest BCUT2D eigenvalue weighted by Gasteiger charge is -2.34. The van der Waals surface area contributed by atoms with Crippen LogP contribution in [-0.2, 0) is 0 Å². The molecule has 0 aromatic rings. The summed E-state index contributed by atoms with van der Waals surface area (Å²) in [6.07, 6.45) is 2.76. The Morgan fingerprint density at radius 1 is 1.41 bits per heavy atom. The molecule has 3 atom stereocenters. The van der Waals surface area contributed by atoms with Crippen molar-refractivity contribution < 1.29 is 0 Å². The monoisotopic (exact) mass is 241 g/mol. The Kier molecular flexibility index (Phi) is 6.45. The van der Waals surface area contributed by atoms with Gasteiger partial charge in [0.25, 0.3) is 0 Å². The van der Waals surface area contributed by atoms with Gasteiger partial charge < -0.3 is 10.2 Å². The molecule has 1 saturated heterocycles. The van der Waals surface area contributed by atoms with E-state index in [1.165, 1.54) is 32.5 Å². The Morgan fingerprint density at radius 2 is 2.12 bits per heavy atom. The van der Waals surface area contributed by atoms with E-state index >= 15 is 0 Å². The Balaban J connectivity index is 2.39. The number of rotatable bonds is 7.